The third-order valence-electron chi connectivity index (χ3n) is 3.24. The van der Waals surface area contributed by atoms with Crippen LogP contribution in [-0.4, -0.2) is 17.9 Å². The van der Waals surface area contributed by atoms with Crippen LogP contribution in [0.4, 0.5) is 0 Å². The predicted octanol–water partition coefficient (Wildman–Crippen LogP) is 4.24. The molecule has 3 rings (SSSR count). The van der Waals surface area contributed by atoms with Crippen molar-refractivity contribution in [1.29, 1.82) is 0 Å². The van der Waals surface area contributed by atoms with E-state index in [0.717, 1.165) is 15.4 Å². The molecule has 3 nitrogen and oxygen atoms in total. The Labute approximate surface area is 130 Å². The Bertz CT molecular complexity index is 816. The Hall–Kier alpha value is -2.20. The fourth-order valence-electron chi connectivity index (χ4n) is 2.21. The molecule has 0 saturated heterocycles. The Morgan fingerprint density at radius 2 is 1.86 bits per heavy atom. The number of ketones is 1. The maximum atomic E-state index is 12.6. The smallest absolute Gasteiger partial charge is 0.225 e. The Kier molecular flexibility index (Phi) is 3.71. The minimum atomic E-state index is -0.0955. The largest absolute Gasteiger partial charge is 0.480 e. The Balaban J connectivity index is 2.20. The number of hydrogen-bond acceptors (Lipinski definition) is 3. The van der Waals surface area contributed by atoms with Gasteiger partial charge in [-0.3, -0.25) is 4.79 Å². The van der Waals surface area contributed by atoms with Crippen LogP contribution in [0.1, 0.15) is 15.9 Å². The number of rotatable bonds is 3. The highest BCUT2D eigenvalue weighted by molar-refractivity contribution is 9.10. The average molecular weight is 342 g/mol. The topological polar surface area (TPSA) is 39.2 Å². The molecule has 4 heteroatoms. The lowest BCUT2D eigenvalue weighted by Gasteiger charge is -2.09. The number of nitrogens with zero attached hydrogens (tertiary/aromatic N) is 1. The number of carbonyl (C=O) groups is 1. The normalized spacial score (nSPS) is 10.6. The molecule has 0 bridgehead atoms. The van der Waals surface area contributed by atoms with Gasteiger partial charge in [-0.1, -0.05) is 42.5 Å². The second-order valence-corrected chi connectivity index (χ2v) is 5.41. The number of fused-ring (bicyclic) bond motifs is 1. The van der Waals surface area contributed by atoms with E-state index < -0.39 is 0 Å². The van der Waals surface area contributed by atoms with Crippen LogP contribution in [0.3, 0.4) is 0 Å². The SMILES string of the molecule is COc1nc2c(Br)cccc2cc1C(=O)c1ccccc1. The molecule has 0 spiro atoms. The Morgan fingerprint density at radius 3 is 2.57 bits per heavy atom. The van der Waals surface area contributed by atoms with Gasteiger partial charge < -0.3 is 4.74 Å². The number of ether oxygens (including phenoxy) is 1. The van der Waals surface area contributed by atoms with Gasteiger partial charge in [0, 0.05) is 15.4 Å². The van der Waals surface area contributed by atoms with Crippen LogP contribution >= 0.6 is 15.9 Å². The number of methoxy groups -OCH3 is 1. The molecule has 1 heterocycles. The van der Waals surface area contributed by atoms with E-state index in [2.05, 4.69) is 20.9 Å². The van der Waals surface area contributed by atoms with Crippen molar-refractivity contribution in [3.63, 3.8) is 0 Å². The molecule has 0 aliphatic heterocycles. The highest BCUT2D eigenvalue weighted by Gasteiger charge is 2.17. The average Bonchev–Trinajstić information content (AvgIpc) is 2.54. The van der Waals surface area contributed by atoms with E-state index >= 15 is 0 Å². The second kappa shape index (κ2) is 5.66. The standard InChI is InChI=1S/C17H12BrNO2/c1-21-17-13(16(20)11-6-3-2-4-7-11)10-12-8-5-9-14(18)15(12)19-17/h2-10H,1H3. The van der Waals surface area contributed by atoms with Gasteiger partial charge in [0.25, 0.3) is 0 Å². The Morgan fingerprint density at radius 1 is 1.10 bits per heavy atom. The maximum Gasteiger partial charge on any atom is 0.225 e. The number of pyridine rings is 1. The van der Waals surface area contributed by atoms with Crippen LogP contribution in [0.15, 0.2) is 59.1 Å². The minimum absolute atomic E-state index is 0.0955. The van der Waals surface area contributed by atoms with Crippen molar-refractivity contribution in [3.05, 3.63) is 70.2 Å². The molecule has 1 aromatic heterocycles. The monoisotopic (exact) mass is 341 g/mol. The fourth-order valence-corrected chi connectivity index (χ4v) is 2.68. The van der Waals surface area contributed by atoms with Crippen molar-refractivity contribution < 1.29 is 9.53 Å². The number of para-hydroxylation sites is 1. The van der Waals surface area contributed by atoms with Gasteiger partial charge >= 0.3 is 0 Å². The minimum Gasteiger partial charge on any atom is -0.480 e. The predicted molar refractivity (Wildman–Crippen MR) is 85.9 cm³/mol. The van der Waals surface area contributed by atoms with E-state index in [1.54, 1.807) is 12.1 Å². The van der Waals surface area contributed by atoms with E-state index in [9.17, 15) is 4.79 Å². The molecule has 0 amide bonds. The van der Waals surface area contributed by atoms with E-state index in [-0.39, 0.29) is 5.78 Å². The van der Waals surface area contributed by atoms with Crippen molar-refractivity contribution in [2.75, 3.05) is 7.11 Å². The molecule has 0 atom stereocenters. The van der Waals surface area contributed by atoms with Crippen molar-refractivity contribution >= 4 is 32.6 Å². The molecule has 21 heavy (non-hydrogen) atoms. The number of hydrogen-bond donors (Lipinski definition) is 0. The van der Waals surface area contributed by atoms with E-state index in [4.69, 9.17) is 4.74 Å². The van der Waals surface area contributed by atoms with Gasteiger partial charge in [0.1, 0.15) is 0 Å². The van der Waals surface area contributed by atoms with Gasteiger partial charge in [-0.15, -0.1) is 0 Å². The first kappa shape index (κ1) is 13.8. The van der Waals surface area contributed by atoms with Crippen molar-refractivity contribution in [1.82, 2.24) is 4.98 Å². The molecule has 0 saturated carbocycles. The molecule has 0 N–H and O–H groups in total. The molecular weight excluding hydrogens is 330 g/mol. The van der Waals surface area contributed by atoms with Crippen molar-refractivity contribution in [2.45, 2.75) is 0 Å². The van der Waals surface area contributed by atoms with Crippen LogP contribution in [0.25, 0.3) is 10.9 Å². The molecule has 2 aromatic carbocycles. The molecule has 3 aromatic rings. The third kappa shape index (κ3) is 2.54. The summed E-state index contributed by atoms with van der Waals surface area (Å²) in [4.78, 5) is 17.1. The van der Waals surface area contributed by atoms with Gasteiger partial charge in [-0.05, 0) is 28.1 Å². The number of benzene rings is 2. The zero-order valence-corrected chi connectivity index (χ0v) is 12.9. The number of halogens is 1. The van der Waals surface area contributed by atoms with Crippen LogP contribution in [0.5, 0.6) is 5.88 Å². The maximum absolute atomic E-state index is 12.6. The highest BCUT2D eigenvalue weighted by atomic mass is 79.9. The summed E-state index contributed by atoms with van der Waals surface area (Å²) >= 11 is 3.46. The summed E-state index contributed by atoms with van der Waals surface area (Å²) in [5.74, 6) is 0.241. The second-order valence-electron chi connectivity index (χ2n) is 4.55. The summed E-state index contributed by atoms with van der Waals surface area (Å²) in [6, 6.07) is 16.7. The number of aromatic nitrogens is 1. The van der Waals surface area contributed by atoms with Gasteiger partial charge in [-0.2, -0.15) is 0 Å². The van der Waals surface area contributed by atoms with Crippen molar-refractivity contribution in [2.24, 2.45) is 0 Å². The molecule has 104 valence electrons. The van der Waals surface area contributed by atoms with E-state index in [1.807, 2.05) is 42.5 Å². The molecule has 0 unspecified atom stereocenters. The first-order chi connectivity index (χ1) is 10.2. The molecule has 0 aliphatic rings. The lowest BCUT2D eigenvalue weighted by atomic mass is 10.0. The zero-order valence-electron chi connectivity index (χ0n) is 11.3. The molecular formula is C17H12BrNO2. The van der Waals surface area contributed by atoms with Gasteiger partial charge in [-0.25, -0.2) is 4.98 Å². The molecule has 0 radical (unpaired) electrons. The summed E-state index contributed by atoms with van der Waals surface area (Å²) < 4.78 is 6.17. The highest BCUT2D eigenvalue weighted by Crippen LogP contribution is 2.28. The lowest BCUT2D eigenvalue weighted by Crippen LogP contribution is -2.05. The molecule has 0 aliphatic carbocycles. The van der Waals surface area contributed by atoms with Crippen LogP contribution in [-0.2, 0) is 0 Å². The van der Waals surface area contributed by atoms with E-state index in [0.29, 0.717) is 17.0 Å². The first-order valence-corrected chi connectivity index (χ1v) is 7.23. The quantitative estimate of drug-likeness (QED) is 0.669. The summed E-state index contributed by atoms with van der Waals surface area (Å²) in [6.07, 6.45) is 0. The van der Waals surface area contributed by atoms with Gasteiger partial charge in [0.2, 0.25) is 5.88 Å². The number of carbonyl (C=O) groups excluding carboxylic acids is 1. The fraction of sp³-hybridized carbons (Fsp3) is 0.0588. The summed E-state index contributed by atoms with van der Waals surface area (Å²) in [5.41, 5.74) is 1.86. The molecule has 0 fully saturated rings. The van der Waals surface area contributed by atoms with E-state index in [1.165, 1.54) is 7.11 Å². The van der Waals surface area contributed by atoms with Crippen LogP contribution in [0.2, 0.25) is 0 Å². The zero-order chi connectivity index (χ0) is 14.8. The summed E-state index contributed by atoms with van der Waals surface area (Å²) in [7, 11) is 1.52. The third-order valence-corrected chi connectivity index (χ3v) is 3.88. The van der Waals surface area contributed by atoms with Gasteiger partial charge in [0.05, 0.1) is 18.2 Å². The van der Waals surface area contributed by atoms with Crippen molar-refractivity contribution in [3.8, 4) is 5.88 Å². The first-order valence-electron chi connectivity index (χ1n) is 6.43. The van der Waals surface area contributed by atoms with Crippen LogP contribution < -0.4 is 4.74 Å². The van der Waals surface area contributed by atoms with Crippen LogP contribution in [0, 0.1) is 0 Å². The van der Waals surface area contributed by atoms with Gasteiger partial charge in [0.15, 0.2) is 5.78 Å². The summed E-state index contributed by atoms with van der Waals surface area (Å²) in [5, 5.41) is 0.893. The lowest BCUT2D eigenvalue weighted by molar-refractivity contribution is 0.103. The summed E-state index contributed by atoms with van der Waals surface area (Å²) in [6.45, 7) is 0.